The lowest BCUT2D eigenvalue weighted by Crippen LogP contribution is -2.13. The molecule has 1 aliphatic carbocycles. The molecule has 2 N–H and O–H groups in total. The van der Waals surface area contributed by atoms with Crippen LogP contribution in [0.5, 0.6) is 0 Å². The van der Waals surface area contributed by atoms with E-state index < -0.39 is 0 Å². The first-order chi connectivity index (χ1) is 10.2. The lowest BCUT2D eigenvalue weighted by molar-refractivity contribution is 0.614. The van der Waals surface area contributed by atoms with Crippen molar-refractivity contribution in [1.82, 2.24) is 9.97 Å². The Balaban J connectivity index is 1.73. The van der Waals surface area contributed by atoms with Gasteiger partial charge < -0.3 is 5.73 Å². The van der Waals surface area contributed by atoms with Gasteiger partial charge in [-0.1, -0.05) is 24.1 Å². The first-order valence-corrected chi connectivity index (χ1v) is 8.57. The highest BCUT2D eigenvalue weighted by Gasteiger charge is 2.17. The minimum absolute atomic E-state index is 0.0946. The third kappa shape index (κ3) is 3.76. The summed E-state index contributed by atoms with van der Waals surface area (Å²) in [7, 11) is 0. The zero-order valence-corrected chi connectivity index (χ0v) is 13.3. The summed E-state index contributed by atoms with van der Waals surface area (Å²) in [5.41, 5.74) is 8.44. The smallest absolute Gasteiger partial charge is 0.138 e. The summed E-state index contributed by atoms with van der Waals surface area (Å²) in [6.07, 6.45) is 6.31. The van der Waals surface area contributed by atoms with Crippen LogP contribution in [0.15, 0.2) is 35.4 Å². The second-order valence-electron chi connectivity index (χ2n) is 5.29. The van der Waals surface area contributed by atoms with E-state index >= 15 is 0 Å². The fourth-order valence-electron chi connectivity index (χ4n) is 2.56. The first-order valence-electron chi connectivity index (χ1n) is 7.21. The molecule has 2 aromatic rings. The summed E-state index contributed by atoms with van der Waals surface area (Å²) in [5, 5.41) is 0.758. The summed E-state index contributed by atoms with van der Waals surface area (Å²) < 4.78 is 0. The molecule has 21 heavy (non-hydrogen) atoms. The molecule has 5 heteroatoms. The summed E-state index contributed by atoms with van der Waals surface area (Å²) >= 11 is 7.70. The molecule has 1 atom stereocenters. The van der Waals surface area contributed by atoms with Crippen LogP contribution in [-0.4, -0.2) is 9.97 Å². The average molecular weight is 320 g/mol. The first kappa shape index (κ1) is 14.8. The Morgan fingerprint density at radius 3 is 3.10 bits per heavy atom. The van der Waals surface area contributed by atoms with Crippen molar-refractivity contribution in [1.29, 1.82) is 0 Å². The van der Waals surface area contributed by atoms with E-state index in [1.807, 2.05) is 24.4 Å². The van der Waals surface area contributed by atoms with Gasteiger partial charge in [0, 0.05) is 33.4 Å². The zero-order valence-electron chi connectivity index (χ0n) is 11.8. The maximum absolute atomic E-state index is 6.18. The van der Waals surface area contributed by atoms with Gasteiger partial charge >= 0.3 is 0 Å². The highest BCUT2D eigenvalue weighted by atomic mass is 35.5. The van der Waals surface area contributed by atoms with E-state index in [-0.39, 0.29) is 6.04 Å². The molecule has 0 radical (unpaired) electrons. The van der Waals surface area contributed by atoms with Crippen molar-refractivity contribution >= 4 is 23.4 Å². The molecule has 1 heterocycles. The van der Waals surface area contributed by atoms with Crippen molar-refractivity contribution in [2.75, 3.05) is 0 Å². The number of nitrogens with two attached hydrogens (primary N) is 1. The maximum Gasteiger partial charge on any atom is 0.138 e. The largest absolute Gasteiger partial charge is 0.324 e. The van der Waals surface area contributed by atoms with Crippen LogP contribution in [-0.2, 0) is 12.2 Å². The molecule has 110 valence electrons. The Hall–Kier alpha value is -1.10. The molecule has 0 spiro atoms. The number of rotatable bonds is 3. The molecule has 1 aromatic carbocycles. The van der Waals surface area contributed by atoms with E-state index in [0.717, 1.165) is 45.6 Å². The van der Waals surface area contributed by atoms with Gasteiger partial charge in [-0.25, -0.2) is 9.97 Å². The van der Waals surface area contributed by atoms with Crippen LogP contribution in [0.25, 0.3) is 0 Å². The van der Waals surface area contributed by atoms with Crippen LogP contribution in [0.3, 0.4) is 0 Å². The highest BCUT2D eigenvalue weighted by molar-refractivity contribution is 7.98. The van der Waals surface area contributed by atoms with E-state index in [1.165, 1.54) is 12.8 Å². The molecule has 1 aliphatic rings. The fraction of sp³-hybridized carbons (Fsp3) is 0.375. The predicted octanol–water partition coefficient (Wildman–Crippen LogP) is 4.15. The lowest BCUT2D eigenvalue weighted by Gasteiger charge is -2.12. The zero-order chi connectivity index (χ0) is 14.7. The summed E-state index contributed by atoms with van der Waals surface area (Å²) in [6, 6.07) is 7.95. The van der Waals surface area contributed by atoms with Crippen LogP contribution in [0.1, 0.15) is 42.4 Å². The normalized spacial score (nSPS) is 18.1. The number of aryl methyl sites for hydroxylation is 1. The van der Waals surface area contributed by atoms with Gasteiger partial charge in [0.25, 0.3) is 0 Å². The quantitative estimate of drug-likeness (QED) is 0.682. The molecule has 0 saturated heterocycles. The molecule has 3 rings (SSSR count). The van der Waals surface area contributed by atoms with E-state index in [0.29, 0.717) is 0 Å². The Morgan fingerprint density at radius 1 is 1.33 bits per heavy atom. The summed E-state index contributed by atoms with van der Waals surface area (Å²) in [4.78, 5) is 10.3. The van der Waals surface area contributed by atoms with Gasteiger partial charge in [0.1, 0.15) is 5.82 Å². The summed E-state index contributed by atoms with van der Waals surface area (Å²) in [5.74, 6) is 1.62. The average Bonchev–Trinajstić information content (AvgIpc) is 2.67. The maximum atomic E-state index is 6.18. The van der Waals surface area contributed by atoms with Crippen LogP contribution in [0.2, 0.25) is 5.02 Å². The number of halogens is 1. The number of hydrogen-bond acceptors (Lipinski definition) is 4. The topological polar surface area (TPSA) is 51.8 Å². The van der Waals surface area contributed by atoms with E-state index in [9.17, 15) is 0 Å². The van der Waals surface area contributed by atoms with Crippen molar-refractivity contribution < 1.29 is 0 Å². The van der Waals surface area contributed by atoms with E-state index in [4.69, 9.17) is 22.3 Å². The van der Waals surface area contributed by atoms with Gasteiger partial charge in [0.05, 0.1) is 5.75 Å². The van der Waals surface area contributed by atoms with Gasteiger partial charge in [-0.3, -0.25) is 0 Å². The number of hydrogen-bond donors (Lipinski definition) is 1. The third-order valence-electron chi connectivity index (χ3n) is 3.69. The molecule has 1 aromatic heterocycles. The highest BCUT2D eigenvalue weighted by Crippen LogP contribution is 2.27. The molecule has 0 bridgehead atoms. The molecular formula is C16H18ClN3S. The van der Waals surface area contributed by atoms with Crippen LogP contribution in [0.4, 0.5) is 0 Å². The van der Waals surface area contributed by atoms with Crippen molar-refractivity contribution in [2.24, 2.45) is 5.73 Å². The van der Waals surface area contributed by atoms with Crippen LogP contribution < -0.4 is 5.73 Å². The second kappa shape index (κ2) is 6.77. The molecule has 0 fully saturated rings. The fourth-order valence-corrected chi connectivity index (χ4v) is 3.64. The van der Waals surface area contributed by atoms with Gasteiger partial charge in [-0.05, 0) is 37.5 Å². The third-order valence-corrected chi connectivity index (χ3v) is 4.92. The van der Waals surface area contributed by atoms with Crippen molar-refractivity contribution in [2.45, 2.75) is 42.4 Å². The molecule has 0 saturated carbocycles. The Morgan fingerprint density at radius 2 is 2.24 bits per heavy atom. The number of thioether (sulfide) groups is 1. The molecule has 3 nitrogen and oxygen atoms in total. The number of fused-ring (bicyclic) bond motifs is 1. The Kier molecular flexibility index (Phi) is 4.78. The monoisotopic (exact) mass is 319 g/mol. The van der Waals surface area contributed by atoms with Gasteiger partial charge in [0.15, 0.2) is 0 Å². The number of aromatic nitrogens is 2. The molecule has 0 aliphatic heterocycles. The van der Waals surface area contributed by atoms with E-state index in [1.54, 1.807) is 11.8 Å². The Bertz CT molecular complexity index is 633. The van der Waals surface area contributed by atoms with Crippen LogP contribution in [0, 0.1) is 0 Å². The standard InChI is InChI=1S/C16H18ClN3S/c17-11-4-3-5-12(8-11)21-10-16-19-9-13-14(18)6-1-2-7-15(13)20-16/h3-5,8-9,14H,1-2,6-7,10,18H2. The molecular weight excluding hydrogens is 302 g/mol. The van der Waals surface area contributed by atoms with Gasteiger partial charge in [-0.15, -0.1) is 11.8 Å². The number of nitrogens with zero attached hydrogens (tertiary/aromatic N) is 2. The minimum Gasteiger partial charge on any atom is -0.324 e. The summed E-state index contributed by atoms with van der Waals surface area (Å²) in [6.45, 7) is 0. The predicted molar refractivity (Wildman–Crippen MR) is 87.5 cm³/mol. The molecule has 0 amide bonds. The van der Waals surface area contributed by atoms with Crippen molar-refractivity contribution in [3.05, 3.63) is 52.6 Å². The van der Waals surface area contributed by atoms with Gasteiger partial charge in [0.2, 0.25) is 0 Å². The lowest BCUT2D eigenvalue weighted by atomic mass is 10.1. The minimum atomic E-state index is 0.0946. The van der Waals surface area contributed by atoms with Crippen LogP contribution >= 0.6 is 23.4 Å². The molecule has 1 unspecified atom stereocenters. The van der Waals surface area contributed by atoms with Crippen molar-refractivity contribution in [3.63, 3.8) is 0 Å². The van der Waals surface area contributed by atoms with E-state index in [2.05, 4.69) is 11.1 Å². The van der Waals surface area contributed by atoms with Gasteiger partial charge in [-0.2, -0.15) is 0 Å². The number of benzene rings is 1. The SMILES string of the molecule is NC1CCCCc2nc(CSc3cccc(Cl)c3)ncc21. The second-order valence-corrected chi connectivity index (χ2v) is 6.77. The Labute approximate surface area is 134 Å². The van der Waals surface area contributed by atoms with Crippen molar-refractivity contribution in [3.8, 4) is 0 Å².